The maximum Gasteiger partial charge on any atom is 0.175 e. The van der Waals surface area contributed by atoms with Crippen LogP contribution in [0.4, 0.5) is 0 Å². The van der Waals surface area contributed by atoms with Gasteiger partial charge in [-0.2, -0.15) is 0 Å². The van der Waals surface area contributed by atoms with Crippen LogP contribution in [-0.2, 0) is 0 Å². The SMILES string of the molecule is Br[P+](PN1CCCC1)(PN1CCCC1)PN1CCCC1. The Morgan fingerprint density at radius 1 is 0.550 bits per heavy atom. The van der Waals surface area contributed by atoms with Gasteiger partial charge in [0.25, 0.3) is 0 Å². The van der Waals surface area contributed by atoms with E-state index in [-0.39, 0.29) is 0 Å². The summed E-state index contributed by atoms with van der Waals surface area (Å²) in [6.07, 6.45) is 8.58. The fourth-order valence-electron chi connectivity index (χ4n) is 3.10. The van der Waals surface area contributed by atoms with Crippen LogP contribution < -0.4 is 0 Å². The molecule has 0 aromatic rings. The maximum absolute atomic E-state index is 4.34. The van der Waals surface area contributed by atoms with Crippen LogP contribution in [0.2, 0.25) is 0 Å². The zero-order chi connectivity index (χ0) is 13.8. The molecule has 0 radical (unpaired) electrons. The van der Waals surface area contributed by atoms with Crippen molar-refractivity contribution in [2.45, 2.75) is 38.5 Å². The van der Waals surface area contributed by atoms with Crippen molar-refractivity contribution in [3.63, 3.8) is 0 Å². The van der Waals surface area contributed by atoms with Crippen LogP contribution in [0.5, 0.6) is 0 Å². The van der Waals surface area contributed by atoms with Crippen LogP contribution in [0.25, 0.3) is 0 Å². The van der Waals surface area contributed by atoms with Gasteiger partial charge in [-0.1, -0.05) is 0 Å². The van der Waals surface area contributed by atoms with Crippen molar-refractivity contribution in [1.82, 2.24) is 14.0 Å². The lowest BCUT2D eigenvalue weighted by Gasteiger charge is -2.29. The highest BCUT2D eigenvalue weighted by molar-refractivity contribution is 9.60. The highest BCUT2D eigenvalue weighted by Gasteiger charge is 2.44. The molecule has 0 aromatic carbocycles. The maximum atomic E-state index is 4.34. The van der Waals surface area contributed by atoms with E-state index >= 15 is 0 Å². The number of nitrogens with zero attached hydrogens (tertiary/aromatic N) is 3. The van der Waals surface area contributed by atoms with E-state index in [1.807, 2.05) is 0 Å². The molecule has 3 saturated heterocycles. The Morgan fingerprint density at radius 3 is 1.05 bits per heavy atom. The summed E-state index contributed by atoms with van der Waals surface area (Å²) in [6.45, 7) is 8.17. The molecule has 3 unspecified atom stereocenters. The molecule has 0 aromatic heterocycles. The smallest absolute Gasteiger partial charge is 0.175 e. The van der Waals surface area contributed by atoms with Crippen LogP contribution in [0.3, 0.4) is 0 Å². The van der Waals surface area contributed by atoms with Crippen molar-refractivity contribution in [3.8, 4) is 0 Å². The molecule has 8 heteroatoms. The topological polar surface area (TPSA) is 9.72 Å². The summed E-state index contributed by atoms with van der Waals surface area (Å²) in [7, 11) is 3.26. The van der Waals surface area contributed by atoms with Gasteiger partial charge in [0.05, 0.1) is 0 Å². The molecule has 0 N–H and O–H groups in total. The molecule has 20 heavy (non-hydrogen) atoms. The summed E-state index contributed by atoms with van der Waals surface area (Å²) in [6, 6.07) is 0. The zero-order valence-electron chi connectivity index (χ0n) is 12.2. The van der Waals surface area contributed by atoms with Crippen molar-refractivity contribution >= 4 is 45.8 Å². The molecule has 0 spiro atoms. The average molecular weight is 417 g/mol. The normalized spacial score (nSPS) is 31.1. The number of rotatable bonds is 6. The molecule has 3 nitrogen and oxygen atoms in total. The molecule has 3 rings (SSSR count). The monoisotopic (exact) mass is 416 g/mol. The molecule has 3 fully saturated rings. The van der Waals surface area contributed by atoms with E-state index in [0.29, 0.717) is 0 Å². The summed E-state index contributed by atoms with van der Waals surface area (Å²) < 4.78 is 8.32. The third-order valence-corrected chi connectivity index (χ3v) is 21.9. The van der Waals surface area contributed by atoms with Crippen LogP contribution in [0.1, 0.15) is 38.5 Å². The predicted molar refractivity (Wildman–Crippen MR) is 103 cm³/mol. The molecule has 0 aliphatic carbocycles. The predicted octanol–water partition coefficient (Wildman–Crippen LogP) is 5.13. The van der Waals surface area contributed by atoms with Crippen LogP contribution in [-0.4, -0.2) is 53.3 Å². The molecule has 3 aliphatic rings. The fraction of sp³-hybridized carbons (Fsp3) is 1.00. The quantitative estimate of drug-likeness (QED) is 0.556. The standard InChI is InChI=1S/C12H27BrN3P4/c13-20(17-14-7-1-2-8-14,18-15-9-3-4-10-15)19-16-11-5-6-12-16/h17-19H,1-12H2/q+1. The summed E-state index contributed by atoms with van der Waals surface area (Å²) in [5.74, 6) is 0. The molecular formula is C12H27BrN3P4+. The minimum absolute atomic E-state index is 0.943. The van der Waals surface area contributed by atoms with Gasteiger partial charge < -0.3 is 0 Å². The molecule has 3 aliphatic heterocycles. The van der Waals surface area contributed by atoms with E-state index in [2.05, 4.69) is 29.5 Å². The Bertz CT molecular complexity index is 260. The Morgan fingerprint density at radius 2 is 0.800 bits per heavy atom. The highest BCUT2D eigenvalue weighted by atomic mass is 79.9. The number of halogens is 1. The summed E-state index contributed by atoms with van der Waals surface area (Å²) in [5, 5.41) is -0.943. The van der Waals surface area contributed by atoms with Gasteiger partial charge in [-0.25, -0.2) is 0 Å². The van der Waals surface area contributed by atoms with E-state index in [1.165, 1.54) is 77.8 Å². The molecule has 3 atom stereocenters. The van der Waals surface area contributed by atoms with Crippen molar-refractivity contribution in [3.05, 3.63) is 0 Å². The minimum Gasteiger partial charge on any atom is -0.252 e. The van der Waals surface area contributed by atoms with Gasteiger partial charge in [0.15, 0.2) is 20.5 Å². The molecule has 0 bridgehead atoms. The van der Waals surface area contributed by atoms with E-state index in [9.17, 15) is 0 Å². The second-order valence-electron chi connectivity index (χ2n) is 5.97. The van der Waals surface area contributed by atoms with Gasteiger partial charge in [0.1, 0.15) is 25.3 Å². The lowest BCUT2D eigenvalue weighted by Crippen LogP contribution is -2.11. The van der Waals surface area contributed by atoms with Crippen molar-refractivity contribution in [2.24, 2.45) is 0 Å². The first-order chi connectivity index (χ1) is 9.73. The van der Waals surface area contributed by atoms with Gasteiger partial charge in [-0.05, 0) is 38.5 Å². The van der Waals surface area contributed by atoms with Crippen LogP contribution in [0.15, 0.2) is 0 Å². The van der Waals surface area contributed by atoms with Gasteiger partial charge in [-0.15, -0.1) is 0 Å². The Labute approximate surface area is 137 Å². The Kier molecular flexibility index (Phi) is 6.99. The van der Waals surface area contributed by atoms with Gasteiger partial charge in [-0.3, -0.25) is 14.0 Å². The van der Waals surface area contributed by atoms with Crippen molar-refractivity contribution in [2.75, 3.05) is 39.3 Å². The van der Waals surface area contributed by atoms with Crippen LogP contribution >= 0.6 is 45.8 Å². The summed E-state index contributed by atoms with van der Waals surface area (Å²) in [4.78, 5) is 0. The lowest BCUT2D eigenvalue weighted by atomic mass is 10.4. The first kappa shape index (κ1) is 16.9. The third-order valence-electron chi connectivity index (χ3n) is 4.16. The summed E-state index contributed by atoms with van der Waals surface area (Å²) in [5.41, 5.74) is 0. The Balaban J connectivity index is 1.59. The lowest BCUT2D eigenvalue weighted by molar-refractivity contribution is 0.578. The first-order valence-electron chi connectivity index (χ1n) is 7.91. The van der Waals surface area contributed by atoms with Crippen LogP contribution in [0, 0.1) is 0 Å². The molecular weight excluding hydrogens is 390 g/mol. The van der Waals surface area contributed by atoms with Crippen molar-refractivity contribution in [1.29, 1.82) is 0 Å². The molecule has 0 amide bonds. The average Bonchev–Trinajstić information content (AvgIpc) is 3.11. The minimum atomic E-state index is -0.943. The van der Waals surface area contributed by atoms with E-state index in [0.717, 1.165) is 25.3 Å². The zero-order valence-corrected chi connectivity index (χ0v) is 17.6. The van der Waals surface area contributed by atoms with Crippen molar-refractivity contribution < 1.29 is 0 Å². The number of hydrogen-bond donors (Lipinski definition) is 0. The largest absolute Gasteiger partial charge is 0.252 e. The molecule has 116 valence electrons. The van der Waals surface area contributed by atoms with Gasteiger partial charge >= 0.3 is 0 Å². The van der Waals surface area contributed by atoms with E-state index < -0.39 is 5.03 Å². The molecule has 3 heterocycles. The summed E-state index contributed by atoms with van der Waals surface area (Å²) >= 11 is 4.34. The van der Waals surface area contributed by atoms with Gasteiger partial charge in [0.2, 0.25) is 0 Å². The fourth-order valence-corrected chi connectivity index (χ4v) is 26.6. The number of hydrogen-bond acceptors (Lipinski definition) is 3. The third kappa shape index (κ3) is 5.04. The highest BCUT2D eigenvalue weighted by Crippen LogP contribution is 3.02. The Hall–Kier alpha value is 2.08. The van der Waals surface area contributed by atoms with Gasteiger partial charge in [0, 0.05) is 39.3 Å². The second-order valence-corrected chi connectivity index (χ2v) is 30.6. The second kappa shape index (κ2) is 8.26. The molecule has 0 saturated carbocycles. The first-order valence-corrected chi connectivity index (χ1v) is 17.1. The van der Waals surface area contributed by atoms with E-state index in [4.69, 9.17) is 0 Å². The van der Waals surface area contributed by atoms with E-state index in [1.54, 1.807) is 0 Å².